The number of anilines is 1. The second-order valence-electron chi connectivity index (χ2n) is 6.63. The van der Waals surface area contributed by atoms with Gasteiger partial charge in [0.15, 0.2) is 0 Å². The molecule has 0 spiro atoms. The monoisotopic (exact) mass is 337 g/mol. The lowest BCUT2D eigenvalue weighted by molar-refractivity contribution is 0.0683. The van der Waals surface area contributed by atoms with E-state index in [0.717, 1.165) is 31.6 Å². The number of piperidine rings is 1. The summed E-state index contributed by atoms with van der Waals surface area (Å²) in [5.41, 5.74) is 1.59. The highest BCUT2D eigenvalue weighted by molar-refractivity contribution is 6.06. The highest BCUT2D eigenvalue weighted by Crippen LogP contribution is 2.19. The third-order valence-corrected chi connectivity index (χ3v) is 4.62. The van der Waals surface area contributed by atoms with E-state index < -0.39 is 0 Å². The van der Waals surface area contributed by atoms with Crippen molar-refractivity contribution in [3.8, 4) is 0 Å². The van der Waals surface area contributed by atoms with Crippen LogP contribution in [0.4, 0.5) is 5.69 Å². The van der Waals surface area contributed by atoms with E-state index in [4.69, 9.17) is 0 Å². The molecule has 1 saturated heterocycles. The van der Waals surface area contributed by atoms with Crippen LogP contribution in [0.5, 0.6) is 0 Å². The summed E-state index contributed by atoms with van der Waals surface area (Å²) >= 11 is 0. The predicted molar refractivity (Wildman–Crippen MR) is 97.7 cm³/mol. The fourth-order valence-corrected chi connectivity index (χ4v) is 3.18. The Balaban J connectivity index is 1.79. The molecule has 5 heteroatoms. The van der Waals surface area contributed by atoms with Crippen molar-refractivity contribution in [2.45, 2.75) is 19.8 Å². The molecule has 0 bridgehead atoms. The molecular formula is C20H23N3O2. The Morgan fingerprint density at radius 3 is 2.68 bits per heavy atom. The number of likely N-dealkylation sites (tertiary alicyclic amines) is 1. The number of carbonyl (C=O) groups is 2. The third kappa shape index (κ3) is 3.87. The zero-order valence-corrected chi connectivity index (χ0v) is 14.7. The molecule has 5 nitrogen and oxygen atoms in total. The molecule has 1 aliphatic heterocycles. The van der Waals surface area contributed by atoms with Crippen LogP contribution in [0.1, 0.15) is 40.6 Å². The smallest absolute Gasteiger partial charge is 0.276 e. The van der Waals surface area contributed by atoms with Crippen LogP contribution in [0.3, 0.4) is 0 Å². The first kappa shape index (κ1) is 17.1. The molecule has 1 unspecified atom stereocenters. The van der Waals surface area contributed by atoms with Crippen LogP contribution >= 0.6 is 0 Å². The van der Waals surface area contributed by atoms with E-state index in [1.54, 1.807) is 24.1 Å². The van der Waals surface area contributed by atoms with Crippen LogP contribution < -0.4 is 4.90 Å². The maximum Gasteiger partial charge on any atom is 0.276 e. The van der Waals surface area contributed by atoms with Crippen LogP contribution in [0.2, 0.25) is 0 Å². The topological polar surface area (TPSA) is 53.5 Å². The largest absolute Gasteiger partial charge is 0.338 e. The molecule has 2 heterocycles. The molecule has 3 rings (SSSR count). The van der Waals surface area contributed by atoms with E-state index in [1.807, 2.05) is 35.2 Å². The minimum absolute atomic E-state index is 0.0228. The van der Waals surface area contributed by atoms with Gasteiger partial charge in [-0.3, -0.25) is 14.6 Å². The summed E-state index contributed by atoms with van der Waals surface area (Å²) in [4.78, 5) is 33.0. The van der Waals surface area contributed by atoms with Gasteiger partial charge in [-0.25, -0.2) is 0 Å². The third-order valence-electron chi connectivity index (χ3n) is 4.62. The first-order valence-electron chi connectivity index (χ1n) is 8.64. The van der Waals surface area contributed by atoms with E-state index in [9.17, 15) is 9.59 Å². The second-order valence-corrected chi connectivity index (χ2v) is 6.63. The van der Waals surface area contributed by atoms with Gasteiger partial charge in [-0.2, -0.15) is 0 Å². The van der Waals surface area contributed by atoms with Gasteiger partial charge in [-0.1, -0.05) is 25.1 Å². The molecule has 1 aromatic carbocycles. The second kappa shape index (κ2) is 7.47. The average molecular weight is 337 g/mol. The minimum Gasteiger partial charge on any atom is -0.338 e. The normalized spacial score (nSPS) is 17.2. The highest BCUT2D eigenvalue weighted by atomic mass is 16.2. The Hall–Kier alpha value is -2.69. The number of pyridine rings is 1. The Bertz CT molecular complexity index is 761. The van der Waals surface area contributed by atoms with Gasteiger partial charge in [0.25, 0.3) is 11.8 Å². The van der Waals surface area contributed by atoms with Crippen molar-refractivity contribution >= 4 is 17.5 Å². The van der Waals surface area contributed by atoms with Gasteiger partial charge >= 0.3 is 0 Å². The standard InChI is InChI=1S/C20H23N3O2/c1-15-7-6-12-23(14-15)19(24)16-10-11-21-18(13-16)20(25)22(2)17-8-4-3-5-9-17/h3-5,8-11,13,15H,6-7,12,14H2,1-2H3. The van der Waals surface area contributed by atoms with E-state index in [0.29, 0.717) is 11.5 Å². The average Bonchev–Trinajstić information content (AvgIpc) is 2.67. The number of hydrogen-bond donors (Lipinski definition) is 0. The van der Waals surface area contributed by atoms with E-state index in [2.05, 4.69) is 11.9 Å². The van der Waals surface area contributed by atoms with Crippen molar-refractivity contribution < 1.29 is 9.59 Å². The molecule has 0 aliphatic carbocycles. The molecule has 130 valence electrons. The van der Waals surface area contributed by atoms with Crippen molar-refractivity contribution in [3.63, 3.8) is 0 Å². The van der Waals surface area contributed by atoms with Crippen molar-refractivity contribution in [1.29, 1.82) is 0 Å². The summed E-state index contributed by atoms with van der Waals surface area (Å²) in [5.74, 6) is 0.267. The summed E-state index contributed by atoms with van der Waals surface area (Å²) in [5, 5.41) is 0. The number of para-hydroxylation sites is 1. The number of rotatable bonds is 3. The first-order chi connectivity index (χ1) is 12.1. The molecule has 1 aliphatic rings. The number of nitrogens with zero attached hydrogens (tertiary/aromatic N) is 3. The molecule has 25 heavy (non-hydrogen) atoms. The maximum absolute atomic E-state index is 12.7. The number of aromatic nitrogens is 1. The highest BCUT2D eigenvalue weighted by Gasteiger charge is 2.23. The van der Waals surface area contributed by atoms with Gasteiger partial charge in [0.2, 0.25) is 0 Å². The Morgan fingerprint density at radius 2 is 1.96 bits per heavy atom. The molecule has 1 fully saturated rings. The fourth-order valence-electron chi connectivity index (χ4n) is 3.18. The SMILES string of the molecule is CC1CCCN(C(=O)c2ccnc(C(=O)N(C)c3ccccc3)c2)C1. The molecule has 2 aromatic rings. The molecule has 0 radical (unpaired) electrons. The van der Waals surface area contributed by atoms with Crippen molar-refractivity contribution in [3.05, 3.63) is 59.9 Å². The summed E-state index contributed by atoms with van der Waals surface area (Å²) in [6, 6.07) is 12.7. The molecule has 2 amide bonds. The van der Waals surface area contributed by atoms with E-state index in [-0.39, 0.29) is 17.5 Å². The van der Waals surface area contributed by atoms with Crippen LogP contribution in [-0.4, -0.2) is 41.8 Å². The van der Waals surface area contributed by atoms with Crippen LogP contribution in [0.25, 0.3) is 0 Å². The zero-order valence-electron chi connectivity index (χ0n) is 14.7. The minimum atomic E-state index is -0.229. The Morgan fingerprint density at radius 1 is 1.20 bits per heavy atom. The Labute approximate surface area is 148 Å². The van der Waals surface area contributed by atoms with Crippen molar-refractivity contribution in [2.75, 3.05) is 25.0 Å². The van der Waals surface area contributed by atoms with Gasteiger partial charge in [0.05, 0.1) is 0 Å². The van der Waals surface area contributed by atoms with Gasteiger partial charge in [-0.05, 0) is 43.0 Å². The number of carbonyl (C=O) groups excluding carboxylic acids is 2. The lowest BCUT2D eigenvalue weighted by Gasteiger charge is -2.31. The van der Waals surface area contributed by atoms with E-state index >= 15 is 0 Å². The molecule has 1 aromatic heterocycles. The quantitative estimate of drug-likeness (QED) is 0.864. The molecule has 0 saturated carbocycles. The van der Waals surface area contributed by atoms with Gasteiger partial charge in [0.1, 0.15) is 5.69 Å². The summed E-state index contributed by atoms with van der Waals surface area (Å²) in [7, 11) is 1.71. The maximum atomic E-state index is 12.7. The van der Waals surface area contributed by atoms with Crippen molar-refractivity contribution in [2.24, 2.45) is 5.92 Å². The van der Waals surface area contributed by atoms with Gasteiger partial charge in [0, 0.05) is 37.6 Å². The molecule has 1 atom stereocenters. The lowest BCUT2D eigenvalue weighted by Crippen LogP contribution is -2.39. The van der Waals surface area contributed by atoms with Crippen LogP contribution in [0.15, 0.2) is 48.7 Å². The summed E-state index contributed by atoms with van der Waals surface area (Å²) in [6.07, 6.45) is 3.72. The zero-order chi connectivity index (χ0) is 17.8. The lowest BCUT2D eigenvalue weighted by atomic mass is 9.99. The molecule has 0 N–H and O–H groups in total. The predicted octanol–water partition coefficient (Wildman–Crippen LogP) is 3.23. The number of hydrogen-bond acceptors (Lipinski definition) is 3. The number of benzene rings is 1. The number of amides is 2. The Kier molecular flexibility index (Phi) is 5.12. The van der Waals surface area contributed by atoms with E-state index in [1.165, 1.54) is 6.20 Å². The van der Waals surface area contributed by atoms with Crippen molar-refractivity contribution in [1.82, 2.24) is 9.88 Å². The first-order valence-corrected chi connectivity index (χ1v) is 8.64. The molecular weight excluding hydrogens is 314 g/mol. The fraction of sp³-hybridized carbons (Fsp3) is 0.350. The summed E-state index contributed by atoms with van der Waals surface area (Å²) < 4.78 is 0. The van der Waals surface area contributed by atoms with Gasteiger partial charge < -0.3 is 9.80 Å². The van der Waals surface area contributed by atoms with Gasteiger partial charge in [-0.15, -0.1) is 0 Å². The van der Waals surface area contributed by atoms with Crippen LogP contribution in [-0.2, 0) is 0 Å². The van der Waals surface area contributed by atoms with Crippen LogP contribution in [0, 0.1) is 5.92 Å². The summed E-state index contributed by atoms with van der Waals surface area (Å²) in [6.45, 7) is 3.71.